The number of benzene rings is 1. The van der Waals surface area contributed by atoms with E-state index in [2.05, 4.69) is 10.6 Å². The number of nitrogens with one attached hydrogen (secondary N) is 2. The molecule has 1 aromatic carbocycles. The molecular weight excluding hydrogens is 320 g/mol. The van der Waals surface area contributed by atoms with Crippen LogP contribution in [0.25, 0.3) is 0 Å². The third-order valence-electron chi connectivity index (χ3n) is 6.29. The molecule has 0 aliphatic heterocycles. The second-order valence-corrected chi connectivity index (χ2v) is 8.72. The van der Waals surface area contributed by atoms with E-state index in [1.165, 1.54) is 38.5 Å². The summed E-state index contributed by atoms with van der Waals surface area (Å²) in [5, 5.41) is 7.44. The van der Waals surface area contributed by atoms with Crippen molar-refractivity contribution in [1.82, 2.24) is 10.6 Å². The molecule has 0 atom stereocenters. The van der Waals surface area contributed by atoms with Gasteiger partial charge in [0.05, 0.1) is 6.54 Å². The number of hydrogen-bond donors (Lipinski definition) is 2. The maximum atomic E-state index is 12.2. The van der Waals surface area contributed by atoms with E-state index >= 15 is 0 Å². The zero-order chi connectivity index (χ0) is 16.6. The van der Waals surface area contributed by atoms with E-state index in [0.717, 1.165) is 34.8 Å². The second kappa shape index (κ2) is 6.68. The molecule has 0 saturated heterocycles. The molecule has 5 rings (SSSR count). The summed E-state index contributed by atoms with van der Waals surface area (Å²) in [5.74, 6) is 2.85. The smallest absolute Gasteiger partial charge is 0.233 e. The van der Waals surface area contributed by atoms with Gasteiger partial charge in [0.15, 0.2) is 0 Å². The number of carbonyl (C=O) groups excluding carboxylic acids is 1. The maximum absolute atomic E-state index is 12.2. The van der Waals surface area contributed by atoms with Gasteiger partial charge in [0.1, 0.15) is 0 Å². The van der Waals surface area contributed by atoms with Gasteiger partial charge >= 0.3 is 0 Å². The quantitative estimate of drug-likeness (QED) is 0.827. The predicted octanol–water partition coefficient (Wildman–Crippen LogP) is 3.56. The van der Waals surface area contributed by atoms with Crippen molar-refractivity contribution >= 4 is 17.5 Å². The van der Waals surface area contributed by atoms with E-state index in [-0.39, 0.29) is 11.4 Å². The topological polar surface area (TPSA) is 41.1 Å². The van der Waals surface area contributed by atoms with Crippen molar-refractivity contribution in [2.24, 2.45) is 17.8 Å². The van der Waals surface area contributed by atoms with Crippen molar-refractivity contribution < 1.29 is 4.79 Å². The Kier molecular flexibility index (Phi) is 4.57. The van der Waals surface area contributed by atoms with Gasteiger partial charge < -0.3 is 10.6 Å². The van der Waals surface area contributed by atoms with Gasteiger partial charge in [0.25, 0.3) is 0 Å². The Morgan fingerprint density at radius 3 is 2.42 bits per heavy atom. The highest BCUT2D eigenvalue weighted by atomic mass is 35.5. The molecule has 4 fully saturated rings. The van der Waals surface area contributed by atoms with Crippen molar-refractivity contribution in [3.8, 4) is 0 Å². The summed E-state index contributed by atoms with van der Waals surface area (Å²) < 4.78 is 0. The summed E-state index contributed by atoms with van der Waals surface area (Å²) in [6.45, 7) is 1.13. The highest BCUT2D eigenvalue weighted by Gasteiger charge is 2.50. The first-order valence-corrected chi connectivity index (χ1v) is 9.74. The molecule has 4 aliphatic carbocycles. The van der Waals surface area contributed by atoms with Crippen LogP contribution in [0, 0.1) is 17.8 Å². The van der Waals surface area contributed by atoms with Gasteiger partial charge in [-0.2, -0.15) is 0 Å². The summed E-state index contributed by atoms with van der Waals surface area (Å²) in [5.41, 5.74) is 1.43. The first-order chi connectivity index (χ1) is 11.6. The molecule has 4 bridgehead atoms. The Morgan fingerprint density at radius 1 is 1.12 bits per heavy atom. The number of amides is 1. The zero-order valence-electron chi connectivity index (χ0n) is 14.2. The Labute approximate surface area is 149 Å². The molecule has 4 heteroatoms. The normalized spacial score (nSPS) is 33.6. The molecule has 4 saturated carbocycles. The molecule has 0 aromatic heterocycles. The minimum Gasteiger partial charge on any atom is -0.355 e. The van der Waals surface area contributed by atoms with Crippen LogP contribution in [-0.2, 0) is 11.2 Å². The first-order valence-electron chi connectivity index (χ1n) is 9.36. The van der Waals surface area contributed by atoms with Crippen LogP contribution in [0.15, 0.2) is 24.3 Å². The molecule has 1 aromatic rings. The average Bonchev–Trinajstić information content (AvgIpc) is 2.52. The fraction of sp³-hybridized carbons (Fsp3) is 0.650. The largest absolute Gasteiger partial charge is 0.355 e. The lowest BCUT2D eigenvalue weighted by atomic mass is 9.53. The van der Waals surface area contributed by atoms with Crippen molar-refractivity contribution in [3.63, 3.8) is 0 Å². The fourth-order valence-electron chi connectivity index (χ4n) is 5.70. The molecule has 0 unspecified atom stereocenters. The van der Waals surface area contributed by atoms with Crippen LogP contribution in [0.2, 0.25) is 5.02 Å². The highest BCUT2D eigenvalue weighted by Crippen LogP contribution is 2.55. The molecule has 0 heterocycles. The average molecular weight is 347 g/mol. The van der Waals surface area contributed by atoms with Gasteiger partial charge in [0, 0.05) is 17.1 Å². The van der Waals surface area contributed by atoms with E-state index < -0.39 is 0 Å². The summed E-state index contributed by atoms with van der Waals surface area (Å²) in [6.07, 6.45) is 8.99. The molecule has 0 radical (unpaired) electrons. The number of halogens is 1. The third kappa shape index (κ3) is 3.62. The summed E-state index contributed by atoms with van der Waals surface area (Å²) >= 11 is 5.99. The third-order valence-corrected chi connectivity index (χ3v) is 6.52. The first kappa shape index (κ1) is 16.4. The van der Waals surface area contributed by atoms with E-state index in [9.17, 15) is 4.79 Å². The summed E-state index contributed by atoms with van der Waals surface area (Å²) in [4.78, 5) is 12.2. The Morgan fingerprint density at radius 2 is 1.79 bits per heavy atom. The van der Waals surface area contributed by atoms with Crippen LogP contribution in [0.5, 0.6) is 0 Å². The lowest BCUT2D eigenvalue weighted by molar-refractivity contribution is -0.121. The lowest BCUT2D eigenvalue weighted by Crippen LogP contribution is -2.59. The van der Waals surface area contributed by atoms with E-state index in [4.69, 9.17) is 11.6 Å². The van der Waals surface area contributed by atoms with Crippen LogP contribution < -0.4 is 10.6 Å². The van der Waals surface area contributed by atoms with Crippen molar-refractivity contribution in [2.75, 3.05) is 13.1 Å². The molecule has 24 heavy (non-hydrogen) atoms. The van der Waals surface area contributed by atoms with Gasteiger partial charge in [-0.15, -0.1) is 0 Å². The van der Waals surface area contributed by atoms with Gasteiger partial charge in [-0.3, -0.25) is 4.79 Å². The molecule has 2 N–H and O–H groups in total. The summed E-state index contributed by atoms with van der Waals surface area (Å²) in [6, 6.07) is 7.83. The molecule has 4 aliphatic rings. The summed E-state index contributed by atoms with van der Waals surface area (Å²) in [7, 11) is 0. The highest BCUT2D eigenvalue weighted by molar-refractivity contribution is 6.30. The van der Waals surface area contributed by atoms with Crippen molar-refractivity contribution in [2.45, 2.75) is 50.5 Å². The zero-order valence-corrected chi connectivity index (χ0v) is 14.9. The Hall–Kier alpha value is -1.06. The van der Waals surface area contributed by atoms with E-state index in [1.54, 1.807) is 0 Å². The van der Waals surface area contributed by atoms with Crippen LogP contribution in [0.4, 0.5) is 0 Å². The van der Waals surface area contributed by atoms with E-state index in [1.807, 2.05) is 24.3 Å². The van der Waals surface area contributed by atoms with Gasteiger partial charge in [-0.05, 0) is 80.4 Å². The fourth-order valence-corrected chi connectivity index (χ4v) is 5.91. The standard InChI is InChI=1S/C20H27ClN2O/c21-18-3-1-2-14(9-18)4-5-22-19(24)13-23-20-10-15-6-16(11-20)8-17(7-15)12-20/h1-3,9,15-17,23H,4-8,10-13H2,(H,22,24). The number of rotatable bonds is 6. The van der Waals surface area contributed by atoms with Crippen LogP contribution in [-0.4, -0.2) is 24.5 Å². The molecule has 0 spiro atoms. The van der Waals surface area contributed by atoms with Gasteiger partial charge in [-0.1, -0.05) is 23.7 Å². The molecule has 130 valence electrons. The Bertz CT molecular complexity index is 580. The predicted molar refractivity (Wildman–Crippen MR) is 97.1 cm³/mol. The molecular formula is C20H27ClN2O. The minimum atomic E-state index is 0.118. The van der Waals surface area contributed by atoms with Crippen molar-refractivity contribution in [3.05, 3.63) is 34.9 Å². The minimum absolute atomic E-state index is 0.118. The van der Waals surface area contributed by atoms with Gasteiger partial charge in [0.2, 0.25) is 5.91 Å². The monoisotopic (exact) mass is 346 g/mol. The lowest BCUT2D eigenvalue weighted by Gasteiger charge is -2.57. The molecule has 1 amide bonds. The SMILES string of the molecule is O=C(CNC12CC3CC(CC(C3)C1)C2)NCCc1cccc(Cl)c1. The van der Waals surface area contributed by atoms with Crippen LogP contribution in [0.1, 0.15) is 44.1 Å². The van der Waals surface area contributed by atoms with Crippen LogP contribution in [0.3, 0.4) is 0 Å². The van der Waals surface area contributed by atoms with Crippen LogP contribution >= 0.6 is 11.6 Å². The maximum Gasteiger partial charge on any atom is 0.233 e. The number of hydrogen-bond acceptors (Lipinski definition) is 2. The Balaban J connectivity index is 1.22. The van der Waals surface area contributed by atoms with E-state index in [0.29, 0.717) is 13.1 Å². The molecule has 3 nitrogen and oxygen atoms in total. The van der Waals surface area contributed by atoms with Crippen molar-refractivity contribution in [1.29, 1.82) is 0 Å². The number of carbonyl (C=O) groups is 1. The second-order valence-electron chi connectivity index (χ2n) is 8.28. The van der Waals surface area contributed by atoms with Gasteiger partial charge in [-0.25, -0.2) is 0 Å².